The van der Waals surface area contributed by atoms with Gasteiger partial charge in [0.2, 0.25) is 5.91 Å². The highest BCUT2D eigenvalue weighted by molar-refractivity contribution is 5.85. The number of nitrogens with zero attached hydrogens (tertiary/aromatic N) is 1. The van der Waals surface area contributed by atoms with Crippen molar-refractivity contribution in [3.63, 3.8) is 0 Å². The topological polar surface area (TPSA) is 52.9 Å². The van der Waals surface area contributed by atoms with E-state index in [1.807, 2.05) is 13.8 Å². The first kappa shape index (κ1) is 11.0. The number of hydrogen-bond donors (Lipinski definition) is 1. The number of carbonyl (C=O) groups excluding carboxylic acids is 1. The monoisotopic (exact) mass is 194 g/mol. The van der Waals surface area contributed by atoms with E-state index in [9.17, 15) is 4.79 Å². The van der Waals surface area contributed by atoms with Crippen molar-refractivity contribution in [1.82, 2.24) is 5.32 Å². The van der Waals surface area contributed by atoms with Gasteiger partial charge in [0.1, 0.15) is 5.41 Å². The molecule has 1 rings (SSSR count). The van der Waals surface area contributed by atoms with Crippen LogP contribution in [-0.2, 0) is 4.79 Å². The fourth-order valence-electron chi connectivity index (χ4n) is 1.95. The second kappa shape index (κ2) is 4.45. The summed E-state index contributed by atoms with van der Waals surface area (Å²) < 4.78 is 0. The van der Waals surface area contributed by atoms with E-state index in [1.165, 1.54) is 0 Å². The quantitative estimate of drug-likeness (QED) is 0.730. The van der Waals surface area contributed by atoms with Crippen molar-refractivity contribution in [3.8, 4) is 6.07 Å². The van der Waals surface area contributed by atoms with E-state index >= 15 is 0 Å². The molecule has 1 saturated carbocycles. The summed E-state index contributed by atoms with van der Waals surface area (Å²) in [6.45, 7) is 3.84. The molecule has 0 heterocycles. The van der Waals surface area contributed by atoms with E-state index in [2.05, 4.69) is 11.4 Å². The van der Waals surface area contributed by atoms with E-state index < -0.39 is 5.41 Å². The normalized spacial score (nSPS) is 20.1. The van der Waals surface area contributed by atoms with Gasteiger partial charge in [0, 0.05) is 6.04 Å². The lowest BCUT2D eigenvalue weighted by Gasteiger charge is -2.29. The molecule has 1 fully saturated rings. The fraction of sp³-hybridized carbons (Fsp3) is 0.818. The summed E-state index contributed by atoms with van der Waals surface area (Å²) >= 11 is 0. The predicted molar refractivity (Wildman–Crippen MR) is 54.4 cm³/mol. The van der Waals surface area contributed by atoms with Gasteiger partial charge in [-0.2, -0.15) is 5.26 Å². The minimum Gasteiger partial charge on any atom is -0.353 e. The molecule has 0 unspecified atom stereocenters. The van der Waals surface area contributed by atoms with Crippen LogP contribution in [-0.4, -0.2) is 11.9 Å². The average Bonchev–Trinajstić information content (AvgIpc) is 2.18. The Hall–Kier alpha value is -1.04. The highest BCUT2D eigenvalue weighted by atomic mass is 16.2. The highest BCUT2D eigenvalue weighted by Gasteiger charge is 2.39. The Morgan fingerprint density at radius 1 is 1.36 bits per heavy atom. The SMILES string of the molecule is CC(C)NC(=O)C1(C#N)CCCCC1. The van der Waals surface area contributed by atoms with Crippen molar-refractivity contribution in [1.29, 1.82) is 5.26 Å². The van der Waals surface area contributed by atoms with Crippen LogP contribution in [0.2, 0.25) is 0 Å². The number of nitriles is 1. The average molecular weight is 194 g/mol. The van der Waals surface area contributed by atoms with Crippen LogP contribution in [0.3, 0.4) is 0 Å². The van der Waals surface area contributed by atoms with Gasteiger partial charge in [0.25, 0.3) is 0 Å². The van der Waals surface area contributed by atoms with E-state index in [0.29, 0.717) is 0 Å². The number of amides is 1. The smallest absolute Gasteiger partial charge is 0.240 e. The Kier molecular flexibility index (Phi) is 3.51. The summed E-state index contributed by atoms with van der Waals surface area (Å²) in [6, 6.07) is 2.33. The zero-order valence-electron chi connectivity index (χ0n) is 8.97. The van der Waals surface area contributed by atoms with Crippen LogP contribution in [0.5, 0.6) is 0 Å². The number of hydrogen-bond acceptors (Lipinski definition) is 2. The summed E-state index contributed by atoms with van der Waals surface area (Å²) in [5.74, 6) is -0.0744. The zero-order valence-corrected chi connectivity index (χ0v) is 8.97. The molecule has 0 aromatic heterocycles. The van der Waals surface area contributed by atoms with E-state index in [1.54, 1.807) is 0 Å². The van der Waals surface area contributed by atoms with Gasteiger partial charge in [-0.05, 0) is 26.7 Å². The Morgan fingerprint density at radius 2 is 1.93 bits per heavy atom. The van der Waals surface area contributed by atoms with Crippen LogP contribution in [0.4, 0.5) is 0 Å². The number of rotatable bonds is 2. The van der Waals surface area contributed by atoms with Crippen molar-refractivity contribution >= 4 is 5.91 Å². The Bertz CT molecular complexity index is 247. The molecule has 0 radical (unpaired) electrons. The van der Waals surface area contributed by atoms with Gasteiger partial charge in [-0.25, -0.2) is 0 Å². The molecular weight excluding hydrogens is 176 g/mol. The van der Waals surface area contributed by atoms with Gasteiger partial charge in [0.05, 0.1) is 6.07 Å². The van der Waals surface area contributed by atoms with Crippen LogP contribution in [0.15, 0.2) is 0 Å². The molecule has 0 saturated heterocycles. The molecule has 0 aromatic rings. The lowest BCUT2D eigenvalue weighted by Crippen LogP contribution is -2.44. The van der Waals surface area contributed by atoms with Crippen molar-refractivity contribution in [3.05, 3.63) is 0 Å². The maximum Gasteiger partial charge on any atom is 0.240 e. The van der Waals surface area contributed by atoms with Crippen molar-refractivity contribution in [2.45, 2.75) is 52.0 Å². The van der Waals surface area contributed by atoms with Gasteiger partial charge in [-0.15, -0.1) is 0 Å². The first-order valence-corrected chi connectivity index (χ1v) is 5.33. The van der Waals surface area contributed by atoms with Crippen molar-refractivity contribution in [2.24, 2.45) is 5.41 Å². The minimum atomic E-state index is -0.734. The second-order valence-corrected chi connectivity index (χ2v) is 4.38. The van der Waals surface area contributed by atoms with Gasteiger partial charge in [0.15, 0.2) is 0 Å². The first-order valence-electron chi connectivity index (χ1n) is 5.33. The van der Waals surface area contributed by atoms with Crippen molar-refractivity contribution in [2.75, 3.05) is 0 Å². The minimum absolute atomic E-state index is 0.0744. The van der Waals surface area contributed by atoms with Gasteiger partial charge >= 0.3 is 0 Å². The lowest BCUT2D eigenvalue weighted by atomic mass is 9.74. The second-order valence-electron chi connectivity index (χ2n) is 4.38. The maximum absolute atomic E-state index is 11.8. The fourth-order valence-corrected chi connectivity index (χ4v) is 1.95. The molecule has 1 N–H and O–H groups in total. The van der Waals surface area contributed by atoms with Gasteiger partial charge in [-0.3, -0.25) is 4.79 Å². The van der Waals surface area contributed by atoms with Gasteiger partial charge < -0.3 is 5.32 Å². The van der Waals surface area contributed by atoms with Crippen LogP contribution < -0.4 is 5.32 Å². The molecule has 0 bridgehead atoms. The summed E-state index contributed by atoms with van der Waals surface area (Å²) in [7, 11) is 0. The molecule has 3 nitrogen and oxygen atoms in total. The molecule has 14 heavy (non-hydrogen) atoms. The van der Waals surface area contributed by atoms with Crippen LogP contribution in [0, 0.1) is 16.7 Å². The van der Waals surface area contributed by atoms with E-state index in [0.717, 1.165) is 32.1 Å². The molecule has 0 spiro atoms. The molecule has 0 aromatic carbocycles. The third-order valence-corrected chi connectivity index (χ3v) is 2.78. The third kappa shape index (κ3) is 2.25. The zero-order chi connectivity index (χ0) is 10.6. The van der Waals surface area contributed by atoms with Crippen LogP contribution >= 0.6 is 0 Å². The van der Waals surface area contributed by atoms with Gasteiger partial charge in [-0.1, -0.05) is 19.3 Å². The summed E-state index contributed by atoms with van der Waals surface area (Å²) in [6.07, 6.45) is 4.60. The van der Waals surface area contributed by atoms with Crippen molar-refractivity contribution < 1.29 is 4.79 Å². The molecule has 0 atom stereocenters. The number of carbonyl (C=O) groups is 1. The molecule has 3 heteroatoms. The molecule has 0 aliphatic heterocycles. The molecule has 78 valence electrons. The maximum atomic E-state index is 11.8. The largest absolute Gasteiger partial charge is 0.353 e. The molecule has 1 aliphatic carbocycles. The Labute approximate surface area is 85.5 Å². The Morgan fingerprint density at radius 3 is 2.36 bits per heavy atom. The third-order valence-electron chi connectivity index (χ3n) is 2.78. The predicted octanol–water partition coefficient (Wildman–Crippen LogP) is 1.99. The standard InChI is InChI=1S/C11H18N2O/c1-9(2)13-10(14)11(8-12)6-4-3-5-7-11/h9H,3-7H2,1-2H3,(H,13,14). The van der Waals surface area contributed by atoms with Crippen LogP contribution in [0.1, 0.15) is 46.0 Å². The highest BCUT2D eigenvalue weighted by Crippen LogP contribution is 2.35. The summed E-state index contributed by atoms with van der Waals surface area (Å²) in [5.41, 5.74) is -0.734. The van der Waals surface area contributed by atoms with E-state index in [4.69, 9.17) is 5.26 Å². The molecule has 1 amide bonds. The summed E-state index contributed by atoms with van der Waals surface area (Å²) in [5, 5.41) is 12.0. The molecule has 1 aliphatic rings. The Balaban J connectivity index is 2.69. The lowest BCUT2D eigenvalue weighted by molar-refractivity contribution is -0.130. The van der Waals surface area contributed by atoms with E-state index in [-0.39, 0.29) is 11.9 Å². The summed E-state index contributed by atoms with van der Waals surface area (Å²) in [4.78, 5) is 11.8. The number of nitrogens with one attached hydrogen (secondary N) is 1. The first-order chi connectivity index (χ1) is 6.60. The molecular formula is C11H18N2O. The van der Waals surface area contributed by atoms with Crippen LogP contribution in [0.25, 0.3) is 0 Å².